The van der Waals surface area contributed by atoms with Gasteiger partial charge in [-0.1, -0.05) is 38.1 Å². The van der Waals surface area contributed by atoms with Crippen molar-refractivity contribution in [1.29, 1.82) is 0 Å². The van der Waals surface area contributed by atoms with E-state index in [1.807, 2.05) is 13.8 Å². The van der Waals surface area contributed by atoms with Crippen LogP contribution in [0.5, 0.6) is 0 Å². The van der Waals surface area contributed by atoms with Gasteiger partial charge in [0.15, 0.2) is 0 Å². The Hall–Kier alpha value is -1.88. The molecule has 1 atom stereocenters. The maximum atomic E-state index is 13.4. The van der Waals surface area contributed by atoms with Crippen molar-refractivity contribution in [2.24, 2.45) is 5.41 Å². The van der Waals surface area contributed by atoms with E-state index in [9.17, 15) is 9.59 Å². The molecule has 2 heterocycles. The standard InChI is InChI=1S/C24H37N3O2/c1-18(2)21-8-6-20(7-9-21)16-27-13-5-11-24(23(27)29)12-15-26(17-24)14-10-22(28)25-19(3)4/h6-9,18-19H,5,10-17H2,1-4H3,(H,25,28)/t24-/m1/s1. The van der Waals surface area contributed by atoms with Crippen LogP contribution in [0.1, 0.15) is 70.4 Å². The lowest BCUT2D eigenvalue weighted by molar-refractivity contribution is -0.146. The molecule has 0 bridgehead atoms. The maximum Gasteiger partial charge on any atom is 0.230 e. The molecule has 3 rings (SSSR count). The Bertz CT molecular complexity index is 713. The van der Waals surface area contributed by atoms with Crippen LogP contribution in [-0.4, -0.2) is 53.8 Å². The molecule has 1 N–H and O–H groups in total. The van der Waals surface area contributed by atoms with Gasteiger partial charge in [0.2, 0.25) is 11.8 Å². The smallest absolute Gasteiger partial charge is 0.230 e. The van der Waals surface area contributed by atoms with E-state index >= 15 is 0 Å². The quantitative estimate of drug-likeness (QED) is 0.763. The molecular formula is C24H37N3O2. The topological polar surface area (TPSA) is 52.7 Å². The van der Waals surface area contributed by atoms with Gasteiger partial charge in [-0.05, 0) is 56.7 Å². The first kappa shape index (κ1) is 21.8. The van der Waals surface area contributed by atoms with Crippen LogP contribution in [0.15, 0.2) is 24.3 Å². The van der Waals surface area contributed by atoms with Gasteiger partial charge in [-0.3, -0.25) is 9.59 Å². The van der Waals surface area contributed by atoms with Crippen LogP contribution < -0.4 is 5.32 Å². The van der Waals surface area contributed by atoms with Gasteiger partial charge in [0.25, 0.3) is 0 Å². The van der Waals surface area contributed by atoms with Crippen molar-refractivity contribution in [3.05, 3.63) is 35.4 Å². The van der Waals surface area contributed by atoms with E-state index in [4.69, 9.17) is 0 Å². The van der Waals surface area contributed by atoms with Gasteiger partial charge in [0, 0.05) is 38.6 Å². The molecule has 160 valence electrons. The fourth-order valence-corrected chi connectivity index (χ4v) is 4.71. The van der Waals surface area contributed by atoms with Crippen LogP contribution >= 0.6 is 0 Å². The fraction of sp³-hybridized carbons (Fsp3) is 0.667. The number of hydrogen-bond acceptors (Lipinski definition) is 3. The average Bonchev–Trinajstić information content (AvgIpc) is 3.08. The number of carbonyl (C=O) groups is 2. The first-order valence-electron chi connectivity index (χ1n) is 11.2. The van der Waals surface area contributed by atoms with Crippen LogP contribution in [0.3, 0.4) is 0 Å². The van der Waals surface area contributed by atoms with Crippen LogP contribution in [0.2, 0.25) is 0 Å². The highest BCUT2D eigenvalue weighted by Gasteiger charge is 2.48. The van der Waals surface area contributed by atoms with Crippen molar-refractivity contribution in [3.63, 3.8) is 0 Å². The Kier molecular flexibility index (Phi) is 6.99. The summed E-state index contributed by atoms with van der Waals surface area (Å²) >= 11 is 0. The first-order valence-corrected chi connectivity index (χ1v) is 11.2. The molecule has 0 aromatic heterocycles. The van der Waals surface area contributed by atoms with Gasteiger partial charge in [-0.2, -0.15) is 0 Å². The summed E-state index contributed by atoms with van der Waals surface area (Å²) in [5.41, 5.74) is 2.30. The summed E-state index contributed by atoms with van der Waals surface area (Å²) in [7, 11) is 0. The lowest BCUT2D eigenvalue weighted by atomic mass is 9.78. The number of rotatable bonds is 7. The number of likely N-dealkylation sites (tertiary alicyclic amines) is 2. The summed E-state index contributed by atoms with van der Waals surface area (Å²) in [6, 6.07) is 8.87. The molecule has 1 aromatic carbocycles. The summed E-state index contributed by atoms with van der Waals surface area (Å²) in [6.45, 7) is 12.4. The van der Waals surface area contributed by atoms with E-state index in [-0.39, 0.29) is 17.4 Å². The van der Waals surface area contributed by atoms with Crippen LogP contribution in [0, 0.1) is 5.41 Å². The number of hydrogen-bond donors (Lipinski definition) is 1. The zero-order valence-electron chi connectivity index (χ0n) is 18.5. The SMILES string of the molecule is CC(C)NC(=O)CCN1CC[C@]2(CCCN(Cc3ccc(C(C)C)cc3)C2=O)C1. The molecule has 0 unspecified atom stereocenters. The second kappa shape index (κ2) is 9.29. The molecular weight excluding hydrogens is 362 g/mol. The first-order chi connectivity index (χ1) is 13.8. The highest BCUT2D eigenvalue weighted by Crippen LogP contribution is 2.40. The number of carbonyl (C=O) groups excluding carboxylic acids is 2. The molecule has 2 fully saturated rings. The van der Waals surface area contributed by atoms with Crippen molar-refractivity contribution in [3.8, 4) is 0 Å². The van der Waals surface area contributed by atoms with Crippen molar-refractivity contribution in [2.45, 2.75) is 71.9 Å². The predicted octanol–water partition coefficient (Wildman–Crippen LogP) is 3.54. The predicted molar refractivity (Wildman–Crippen MR) is 117 cm³/mol. The van der Waals surface area contributed by atoms with E-state index in [0.717, 1.165) is 45.4 Å². The lowest BCUT2D eigenvalue weighted by Gasteiger charge is -2.39. The number of nitrogens with one attached hydrogen (secondary N) is 1. The fourth-order valence-electron chi connectivity index (χ4n) is 4.71. The maximum absolute atomic E-state index is 13.4. The summed E-state index contributed by atoms with van der Waals surface area (Å²) in [6.07, 6.45) is 3.47. The number of piperidine rings is 1. The summed E-state index contributed by atoms with van der Waals surface area (Å²) in [5.74, 6) is 0.934. The van der Waals surface area contributed by atoms with Gasteiger partial charge in [0.05, 0.1) is 5.41 Å². The lowest BCUT2D eigenvalue weighted by Crippen LogP contribution is -2.49. The summed E-state index contributed by atoms with van der Waals surface area (Å²) in [4.78, 5) is 29.7. The molecule has 5 nitrogen and oxygen atoms in total. The molecule has 2 aliphatic heterocycles. The second-order valence-corrected chi connectivity index (χ2v) is 9.51. The van der Waals surface area contributed by atoms with Gasteiger partial charge < -0.3 is 15.1 Å². The van der Waals surface area contributed by atoms with Gasteiger partial charge in [0.1, 0.15) is 0 Å². The number of benzene rings is 1. The molecule has 0 aliphatic carbocycles. The monoisotopic (exact) mass is 399 g/mol. The van der Waals surface area contributed by atoms with Gasteiger partial charge >= 0.3 is 0 Å². The molecule has 1 aromatic rings. The Balaban J connectivity index is 1.57. The molecule has 1 spiro atoms. The highest BCUT2D eigenvalue weighted by atomic mass is 16.2. The summed E-state index contributed by atoms with van der Waals surface area (Å²) in [5, 5.41) is 2.95. The third-order valence-corrected chi connectivity index (χ3v) is 6.38. The number of nitrogens with zero attached hydrogens (tertiary/aromatic N) is 2. The van der Waals surface area contributed by atoms with Gasteiger partial charge in [-0.15, -0.1) is 0 Å². The van der Waals surface area contributed by atoms with Crippen molar-refractivity contribution < 1.29 is 9.59 Å². The third kappa shape index (κ3) is 5.39. The Morgan fingerprint density at radius 3 is 2.48 bits per heavy atom. The average molecular weight is 400 g/mol. The minimum Gasteiger partial charge on any atom is -0.354 e. The van der Waals surface area contributed by atoms with E-state index in [2.05, 4.69) is 53.2 Å². The molecule has 2 saturated heterocycles. The molecule has 0 saturated carbocycles. The zero-order chi connectivity index (χ0) is 21.0. The Labute approximate surface area is 175 Å². The third-order valence-electron chi connectivity index (χ3n) is 6.38. The van der Waals surface area contributed by atoms with E-state index < -0.39 is 0 Å². The van der Waals surface area contributed by atoms with E-state index in [1.54, 1.807) is 0 Å². The Morgan fingerprint density at radius 1 is 1.10 bits per heavy atom. The van der Waals surface area contributed by atoms with Gasteiger partial charge in [-0.25, -0.2) is 0 Å². The molecule has 29 heavy (non-hydrogen) atoms. The molecule has 2 amide bonds. The second-order valence-electron chi connectivity index (χ2n) is 9.51. The normalized spacial score (nSPS) is 22.8. The largest absolute Gasteiger partial charge is 0.354 e. The molecule has 5 heteroatoms. The van der Waals surface area contributed by atoms with Crippen LogP contribution in [0.4, 0.5) is 0 Å². The van der Waals surface area contributed by atoms with Crippen molar-refractivity contribution in [2.75, 3.05) is 26.2 Å². The van der Waals surface area contributed by atoms with E-state index in [1.165, 1.54) is 11.1 Å². The zero-order valence-corrected chi connectivity index (χ0v) is 18.5. The Morgan fingerprint density at radius 2 is 1.83 bits per heavy atom. The minimum absolute atomic E-state index is 0.0994. The van der Waals surface area contributed by atoms with E-state index in [0.29, 0.717) is 24.8 Å². The van der Waals surface area contributed by atoms with Crippen molar-refractivity contribution in [1.82, 2.24) is 15.1 Å². The molecule has 0 radical (unpaired) electrons. The summed E-state index contributed by atoms with van der Waals surface area (Å²) < 4.78 is 0. The van der Waals surface area contributed by atoms with Crippen LogP contribution in [-0.2, 0) is 16.1 Å². The highest BCUT2D eigenvalue weighted by molar-refractivity contribution is 5.84. The van der Waals surface area contributed by atoms with Crippen LogP contribution in [0.25, 0.3) is 0 Å². The minimum atomic E-state index is -0.245. The van der Waals surface area contributed by atoms with Crippen molar-refractivity contribution >= 4 is 11.8 Å². The number of amides is 2. The molecule has 2 aliphatic rings.